The van der Waals surface area contributed by atoms with Gasteiger partial charge in [0.2, 0.25) is 5.95 Å². The summed E-state index contributed by atoms with van der Waals surface area (Å²) in [6, 6.07) is 5.98. The number of nitrogens with zero attached hydrogens (tertiary/aromatic N) is 3. The Morgan fingerprint density at radius 1 is 1.12 bits per heavy atom. The largest absolute Gasteiger partial charge is 0.341 e. The van der Waals surface area contributed by atoms with Crippen molar-refractivity contribution in [2.45, 2.75) is 24.7 Å². The van der Waals surface area contributed by atoms with Crippen LogP contribution in [0.2, 0.25) is 5.02 Å². The van der Waals surface area contributed by atoms with Crippen LogP contribution < -0.4 is 9.62 Å². The lowest BCUT2D eigenvalue weighted by Crippen LogP contribution is -2.34. The van der Waals surface area contributed by atoms with Gasteiger partial charge in [0.05, 0.1) is 23.0 Å². The Kier molecular flexibility index (Phi) is 4.91. The van der Waals surface area contributed by atoms with Gasteiger partial charge in [-0.15, -0.1) is 0 Å². The fourth-order valence-corrected chi connectivity index (χ4v) is 3.73. The van der Waals surface area contributed by atoms with Crippen LogP contribution in [0, 0.1) is 5.92 Å². The summed E-state index contributed by atoms with van der Waals surface area (Å²) < 4.78 is 27.1. The van der Waals surface area contributed by atoms with E-state index in [-0.39, 0.29) is 4.90 Å². The van der Waals surface area contributed by atoms with Crippen molar-refractivity contribution in [3.8, 4) is 0 Å². The van der Waals surface area contributed by atoms with Crippen molar-refractivity contribution < 1.29 is 8.42 Å². The summed E-state index contributed by atoms with van der Waals surface area (Å²) in [6.45, 7) is 4.10. The zero-order valence-electron chi connectivity index (χ0n) is 13.3. The molecule has 1 aromatic heterocycles. The summed E-state index contributed by atoms with van der Waals surface area (Å²) in [6.07, 6.45) is 5.23. The van der Waals surface area contributed by atoms with E-state index in [1.807, 2.05) is 0 Å². The zero-order valence-corrected chi connectivity index (χ0v) is 14.9. The van der Waals surface area contributed by atoms with Gasteiger partial charge in [-0.25, -0.2) is 18.4 Å². The first-order valence-corrected chi connectivity index (χ1v) is 9.65. The van der Waals surface area contributed by atoms with Crippen LogP contribution in [0.15, 0.2) is 41.6 Å². The average molecular weight is 367 g/mol. The number of hydrogen-bond acceptors (Lipinski definition) is 5. The van der Waals surface area contributed by atoms with Crippen LogP contribution in [0.4, 0.5) is 11.6 Å². The van der Waals surface area contributed by atoms with Gasteiger partial charge in [0.1, 0.15) is 0 Å². The van der Waals surface area contributed by atoms with Gasteiger partial charge in [-0.05, 0) is 43.0 Å². The van der Waals surface area contributed by atoms with E-state index in [4.69, 9.17) is 11.6 Å². The second kappa shape index (κ2) is 6.94. The Balaban J connectivity index is 1.70. The Hall–Kier alpha value is -1.86. The molecule has 1 aliphatic rings. The molecule has 0 radical (unpaired) electrons. The first-order valence-electron chi connectivity index (χ1n) is 7.79. The van der Waals surface area contributed by atoms with Gasteiger partial charge in [-0.2, -0.15) is 0 Å². The zero-order chi connectivity index (χ0) is 17.2. The summed E-state index contributed by atoms with van der Waals surface area (Å²) in [5.41, 5.74) is 0.332. The van der Waals surface area contributed by atoms with Crippen LogP contribution >= 0.6 is 11.6 Å². The molecule has 0 atom stereocenters. The lowest BCUT2D eigenvalue weighted by Gasteiger charge is -2.30. The van der Waals surface area contributed by atoms with Gasteiger partial charge in [-0.1, -0.05) is 18.5 Å². The lowest BCUT2D eigenvalue weighted by molar-refractivity contribution is 0.434. The molecule has 8 heteroatoms. The Labute approximate surface area is 146 Å². The molecule has 1 aliphatic heterocycles. The predicted octanol–water partition coefficient (Wildman–Crippen LogP) is 3.17. The van der Waals surface area contributed by atoms with Crippen molar-refractivity contribution in [3.63, 3.8) is 0 Å². The molecule has 1 saturated heterocycles. The molecule has 0 aliphatic carbocycles. The number of hydrogen-bond donors (Lipinski definition) is 1. The summed E-state index contributed by atoms with van der Waals surface area (Å²) in [4.78, 5) is 10.8. The molecule has 0 spiro atoms. The fourth-order valence-electron chi connectivity index (χ4n) is 2.57. The van der Waals surface area contributed by atoms with Crippen molar-refractivity contribution in [1.29, 1.82) is 0 Å². The molecule has 1 N–H and O–H groups in total. The standard InChI is InChI=1S/C16H19ClN4O2S/c1-12-6-8-21(9-7-12)16-18-10-14(11-19-16)20-24(22,23)15-4-2-13(17)3-5-15/h2-5,10-12,20H,6-9H2,1H3. The minimum atomic E-state index is -3.68. The number of rotatable bonds is 4. The SMILES string of the molecule is CC1CCN(c2ncc(NS(=O)(=O)c3ccc(Cl)cc3)cn2)CC1. The monoisotopic (exact) mass is 366 g/mol. The molecule has 2 aromatic rings. The Morgan fingerprint density at radius 2 is 1.71 bits per heavy atom. The Morgan fingerprint density at radius 3 is 2.29 bits per heavy atom. The summed E-state index contributed by atoms with van der Waals surface area (Å²) >= 11 is 5.78. The third-order valence-corrected chi connectivity index (χ3v) is 5.73. The van der Waals surface area contributed by atoms with Crippen molar-refractivity contribution >= 4 is 33.3 Å². The molecule has 24 heavy (non-hydrogen) atoms. The normalized spacial score (nSPS) is 16.2. The van der Waals surface area contributed by atoms with Crippen molar-refractivity contribution in [2.24, 2.45) is 5.92 Å². The van der Waals surface area contributed by atoms with E-state index in [0.717, 1.165) is 31.8 Å². The topological polar surface area (TPSA) is 75.2 Å². The van der Waals surface area contributed by atoms with E-state index in [0.29, 0.717) is 16.7 Å². The molecule has 1 aromatic carbocycles. The molecule has 0 amide bonds. The quantitative estimate of drug-likeness (QED) is 0.899. The molecule has 3 rings (SSSR count). The van der Waals surface area contributed by atoms with Gasteiger partial charge >= 0.3 is 0 Å². The first kappa shape index (κ1) is 17.0. The molecule has 0 bridgehead atoms. The summed E-state index contributed by atoms with van der Waals surface area (Å²) in [5, 5.41) is 0.484. The highest BCUT2D eigenvalue weighted by molar-refractivity contribution is 7.92. The summed E-state index contributed by atoms with van der Waals surface area (Å²) in [7, 11) is -3.68. The van der Waals surface area contributed by atoms with Gasteiger partial charge < -0.3 is 4.90 Å². The summed E-state index contributed by atoms with van der Waals surface area (Å²) in [5.74, 6) is 1.36. The lowest BCUT2D eigenvalue weighted by atomic mass is 10.00. The molecule has 6 nitrogen and oxygen atoms in total. The number of sulfonamides is 1. The van der Waals surface area contributed by atoms with Crippen molar-refractivity contribution in [1.82, 2.24) is 9.97 Å². The van der Waals surface area contributed by atoms with Crippen LogP contribution in [0.25, 0.3) is 0 Å². The highest BCUT2D eigenvalue weighted by Crippen LogP contribution is 2.21. The van der Waals surface area contributed by atoms with Gasteiger partial charge in [-0.3, -0.25) is 4.72 Å². The number of benzene rings is 1. The van der Waals surface area contributed by atoms with E-state index in [1.54, 1.807) is 0 Å². The van der Waals surface area contributed by atoms with Crippen LogP contribution in [-0.2, 0) is 10.0 Å². The molecule has 1 fully saturated rings. The molecular weight excluding hydrogens is 348 g/mol. The van der Waals surface area contributed by atoms with Crippen molar-refractivity contribution in [3.05, 3.63) is 41.7 Å². The first-order chi connectivity index (χ1) is 11.4. The van der Waals surface area contributed by atoms with E-state index in [1.165, 1.54) is 36.7 Å². The second-order valence-electron chi connectivity index (χ2n) is 6.00. The Bertz CT molecular complexity index is 786. The number of piperidine rings is 1. The van der Waals surface area contributed by atoms with Gasteiger partial charge in [0.25, 0.3) is 10.0 Å². The molecule has 2 heterocycles. The molecule has 0 unspecified atom stereocenters. The van der Waals surface area contributed by atoms with E-state index < -0.39 is 10.0 Å². The molecular formula is C16H19ClN4O2S. The minimum absolute atomic E-state index is 0.140. The van der Waals surface area contributed by atoms with Crippen LogP contribution in [-0.4, -0.2) is 31.5 Å². The number of nitrogens with one attached hydrogen (secondary N) is 1. The van der Waals surface area contributed by atoms with Crippen molar-refractivity contribution in [2.75, 3.05) is 22.7 Å². The molecule has 0 saturated carbocycles. The number of halogens is 1. The second-order valence-corrected chi connectivity index (χ2v) is 8.12. The maximum absolute atomic E-state index is 12.3. The third-order valence-electron chi connectivity index (χ3n) is 4.08. The van der Waals surface area contributed by atoms with E-state index in [2.05, 4.69) is 26.5 Å². The molecule has 128 valence electrons. The number of aromatic nitrogens is 2. The van der Waals surface area contributed by atoms with Crippen LogP contribution in [0.3, 0.4) is 0 Å². The van der Waals surface area contributed by atoms with Gasteiger partial charge in [0.15, 0.2) is 0 Å². The maximum Gasteiger partial charge on any atom is 0.261 e. The highest BCUT2D eigenvalue weighted by atomic mass is 35.5. The highest BCUT2D eigenvalue weighted by Gasteiger charge is 2.19. The minimum Gasteiger partial charge on any atom is -0.341 e. The third kappa shape index (κ3) is 3.96. The van der Waals surface area contributed by atoms with E-state index >= 15 is 0 Å². The predicted molar refractivity (Wildman–Crippen MR) is 94.9 cm³/mol. The van der Waals surface area contributed by atoms with E-state index in [9.17, 15) is 8.42 Å². The smallest absolute Gasteiger partial charge is 0.261 e. The number of anilines is 2. The van der Waals surface area contributed by atoms with Gasteiger partial charge in [0, 0.05) is 18.1 Å². The van der Waals surface area contributed by atoms with Crippen LogP contribution in [0.1, 0.15) is 19.8 Å². The van der Waals surface area contributed by atoms with Crippen LogP contribution in [0.5, 0.6) is 0 Å². The fraction of sp³-hybridized carbons (Fsp3) is 0.375. The average Bonchev–Trinajstić information content (AvgIpc) is 2.56. The maximum atomic E-state index is 12.3.